The highest BCUT2D eigenvalue weighted by molar-refractivity contribution is 7.91. The first-order valence-corrected chi connectivity index (χ1v) is 7.02. The number of nitrogens with two attached hydrogens (primary N) is 1. The van der Waals surface area contributed by atoms with Crippen molar-refractivity contribution in [2.75, 3.05) is 45.2 Å². The molecule has 6 heteroatoms. The summed E-state index contributed by atoms with van der Waals surface area (Å²) in [6, 6.07) is 0. The average Bonchev–Trinajstić information content (AvgIpc) is 2.42. The smallest absolute Gasteiger partial charge is 0.152 e. The summed E-state index contributed by atoms with van der Waals surface area (Å²) in [5.74, 6) is 0.448. The van der Waals surface area contributed by atoms with Crippen molar-refractivity contribution in [1.29, 1.82) is 0 Å². The third-order valence-electron chi connectivity index (χ3n) is 2.84. The van der Waals surface area contributed by atoms with E-state index in [1.54, 1.807) is 0 Å². The Balaban J connectivity index is 2.49. The van der Waals surface area contributed by atoms with Crippen LogP contribution in [-0.4, -0.2) is 64.1 Å². The van der Waals surface area contributed by atoms with Crippen molar-refractivity contribution in [2.45, 2.75) is 12.0 Å². The van der Waals surface area contributed by atoms with Gasteiger partial charge in [0.25, 0.3) is 0 Å². The van der Waals surface area contributed by atoms with Crippen molar-refractivity contribution in [2.24, 2.45) is 5.73 Å². The largest absolute Gasteiger partial charge is 0.329 e. The maximum Gasteiger partial charge on any atom is 0.152 e. The van der Waals surface area contributed by atoms with Crippen LogP contribution in [0.2, 0.25) is 0 Å². The first kappa shape index (κ1) is 12.9. The Labute approximate surface area is 91.9 Å². The summed E-state index contributed by atoms with van der Waals surface area (Å²) in [5, 5.41) is 3.29. The predicted octanol–water partition coefficient (Wildman–Crippen LogP) is -1.35. The summed E-state index contributed by atoms with van der Waals surface area (Å²) >= 11 is 0. The zero-order valence-electron chi connectivity index (χ0n) is 9.49. The quantitative estimate of drug-likeness (QED) is 0.616. The lowest BCUT2D eigenvalue weighted by Crippen LogP contribution is -2.53. The molecule has 1 fully saturated rings. The third kappa shape index (κ3) is 3.71. The van der Waals surface area contributed by atoms with Crippen LogP contribution in [0.25, 0.3) is 0 Å². The molecule has 3 N–H and O–H groups in total. The Morgan fingerprint density at radius 1 is 1.47 bits per heavy atom. The second-order valence-corrected chi connectivity index (χ2v) is 6.74. The summed E-state index contributed by atoms with van der Waals surface area (Å²) < 4.78 is 22.8. The van der Waals surface area contributed by atoms with Crippen LogP contribution in [0.4, 0.5) is 0 Å². The molecule has 0 aromatic rings. The van der Waals surface area contributed by atoms with Gasteiger partial charge in [0.05, 0.1) is 11.5 Å². The van der Waals surface area contributed by atoms with Crippen molar-refractivity contribution < 1.29 is 8.42 Å². The Hall–Kier alpha value is -0.170. The average molecular weight is 235 g/mol. The maximum atomic E-state index is 11.4. The normalized spacial score (nSPS) is 29.9. The summed E-state index contributed by atoms with van der Waals surface area (Å²) in [7, 11) is 1.10. The highest BCUT2D eigenvalue weighted by atomic mass is 32.2. The SMILES string of the molecule is CN(C)CCNC1(CN)CCS(=O)(=O)C1. The minimum Gasteiger partial charge on any atom is -0.329 e. The van der Waals surface area contributed by atoms with E-state index in [0.29, 0.717) is 13.0 Å². The van der Waals surface area contributed by atoms with E-state index in [1.165, 1.54) is 0 Å². The van der Waals surface area contributed by atoms with Gasteiger partial charge < -0.3 is 16.0 Å². The van der Waals surface area contributed by atoms with E-state index in [2.05, 4.69) is 10.2 Å². The molecule has 0 aromatic heterocycles. The number of likely N-dealkylation sites (N-methyl/N-ethyl adjacent to an activating group) is 1. The fourth-order valence-electron chi connectivity index (χ4n) is 1.83. The summed E-state index contributed by atoms with van der Waals surface area (Å²) in [5.41, 5.74) is 5.29. The zero-order chi connectivity index (χ0) is 11.5. The predicted molar refractivity (Wildman–Crippen MR) is 61.6 cm³/mol. The molecule has 15 heavy (non-hydrogen) atoms. The number of rotatable bonds is 5. The molecule has 1 heterocycles. The lowest BCUT2D eigenvalue weighted by Gasteiger charge is -2.28. The van der Waals surface area contributed by atoms with Gasteiger partial charge in [-0.3, -0.25) is 0 Å². The van der Waals surface area contributed by atoms with E-state index < -0.39 is 9.84 Å². The zero-order valence-corrected chi connectivity index (χ0v) is 10.3. The van der Waals surface area contributed by atoms with Gasteiger partial charge in [-0.2, -0.15) is 0 Å². The molecule has 5 nitrogen and oxygen atoms in total. The topological polar surface area (TPSA) is 75.4 Å². The van der Waals surface area contributed by atoms with Gasteiger partial charge in [0.1, 0.15) is 0 Å². The van der Waals surface area contributed by atoms with E-state index in [4.69, 9.17) is 5.73 Å². The number of nitrogens with zero attached hydrogens (tertiary/aromatic N) is 1. The van der Waals surface area contributed by atoms with Gasteiger partial charge in [-0.15, -0.1) is 0 Å². The Morgan fingerprint density at radius 2 is 2.13 bits per heavy atom. The van der Waals surface area contributed by atoms with E-state index in [-0.39, 0.29) is 17.0 Å². The Morgan fingerprint density at radius 3 is 2.53 bits per heavy atom. The van der Waals surface area contributed by atoms with Crippen LogP contribution in [0.3, 0.4) is 0 Å². The summed E-state index contributed by atoms with van der Waals surface area (Å²) in [4.78, 5) is 2.06. The van der Waals surface area contributed by atoms with Crippen LogP contribution in [0, 0.1) is 0 Å². The first-order chi connectivity index (χ1) is 6.89. The molecule has 0 saturated carbocycles. The van der Waals surface area contributed by atoms with E-state index in [0.717, 1.165) is 13.1 Å². The second-order valence-electron chi connectivity index (χ2n) is 4.56. The molecule has 0 aliphatic carbocycles. The van der Waals surface area contributed by atoms with Gasteiger partial charge in [-0.05, 0) is 20.5 Å². The van der Waals surface area contributed by atoms with Crippen molar-refractivity contribution in [3.8, 4) is 0 Å². The van der Waals surface area contributed by atoms with E-state index in [1.807, 2.05) is 14.1 Å². The van der Waals surface area contributed by atoms with Crippen molar-refractivity contribution in [3.63, 3.8) is 0 Å². The maximum absolute atomic E-state index is 11.4. The minimum atomic E-state index is -2.87. The first-order valence-electron chi connectivity index (χ1n) is 5.19. The van der Waals surface area contributed by atoms with Crippen LogP contribution in [-0.2, 0) is 9.84 Å². The molecule has 1 unspecified atom stereocenters. The molecule has 1 rings (SSSR count). The van der Waals surface area contributed by atoms with Crippen LogP contribution in [0.1, 0.15) is 6.42 Å². The van der Waals surface area contributed by atoms with Crippen molar-refractivity contribution in [3.05, 3.63) is 0 Å². The Bertz CT molecular complexity index is 302. The van der Waals surface area contributed by atoms with Gasteiger partial charge in [0.15, 0.2) is 9.84 Å². The van der Waals surface area contributed by atoms with Gasteiger partial charge in [-0.25, -0.2) is 8.42 Å². The van der Waals surface area contributed by atoms with Crippen LogP contribution in [0.5, 0.6) is 0 Å². The molecule has 90 valence electrons. The van der Waals surface area contributed by atoms with E-state index in [9.17, 15) is 8.42 Å². The fourth-order valence-corrected chi connectivity index (χ4v) is 3.89. The monoisotopic (exact) mass is 235 g/mol. The summed E-state index contributed by atoms with van der Waals surface area (Å²) in [6.07, 6.45) is 0.638. The highest BCUT2D eigenvalue weighted by Crippen LogP contribution is 2.22. The van der Waals surface area contributed by atoms with Gasteiger partial charge >= 0.3 is 0 Å². The van der Waals surface area contributed by atoms with Crippen LogP contribution < -0.4 is 11.1 Å². The molecule has 1 atom stereocenters. The molecule has 0 aromatic carbocycles. The van der Waals surface area contributed by atoms with Gasteiger partial charge in [-0.1, -0.05) is 0 Å². The fraction of sp³-hybridized carbons (Fsp3) is 1.00. The second kappa shape index (κ2) is 4.78. The molecular formula is C9H21N3O2S. The lowest BCUT2D eigenvalue weighted by atomic mass is 9.99. The number of hydrogen-bond donors (Lipinski definition) is 2. The molecule has 0 amide bonds. The number of sulfone groups is 1. The van der Waals surface area contributed by atoms with Crippen molar-refractivity contribution in [1.82, 2.24) is 10.2 Å². The molecule has 0 radical (unpaired) electrons. The van der Waals surface area contributed by atoms with Gasteiger partial charge in [0.2, 0.25) is 0 Å². The lowest BCUT2D eigenvalue weighted by molar-refractivity contribution is 0.330. The number of nitrogens with one attached hydrogen (secondary N) is 1. The molecular weight excluding hydrogens is 214 g/mol. The van der Waals surface area contributed by atoms with Gasteiger partial charge in [0, 0.05) is 25.2 Å². The van der Waals surface area contributed by atoms with E-state index >= 15 is 0 Å². The highest BCUT2D eigenvalue weighted by Gasteiger charge is 2.40. The molecule has 1 aliphatic rings. The molecule has 1 aliphatic heterocycles. The third-order valence-corrected chi connectivity index (χ3v) is 4.66. The minimum absolute atomic E-state index is 0.184. The molecule has 0 bridgehead atoms. The standard InChI is InChI=1S/C9H21N3O2S/c1-12(2)5-4-11-9(7-10)3-6-15(13,14)8-9/h11H,3-8,10H2,1-2H3. The number of hydrogen-bond acceptors (Lipinski definition) is 5. The molecule has 0 spiro atoms. The van der Waals surface area contributed by atoms with Crippen molar-refractivity contribution >= 4 is 9.84 Å². The summed E-state index contributed by atoms with van der Waals surface area (Å²) in [6.45, 7) is 2.06. The molecule has 1 saturated heterocycles. The Kier molecular flexibility index (Phi) is 4.11. The van der Waals surface area contributed by atoms with Crippen LogP contribution >= 0.6 is 0 Å². The van der Waals surface area contributed by atoms with Crippen LogP contribution in [0.15, 0.2) is 0 Å².